The lowest BCUT2D eigenvalue weighted by Gasteiger charge is -2.42. The smallest absolute Gasteiger partial charge is 0.275 e. The molecule has 1 saturated heterocycles. The van der Waals surface area contributed by atoms with Gasteiger partial charge in [0, 0.05) is 47.6 Å². The van der Waals surface area contributed by atoms with Crippen LogP contribution in [0, 0.1) is 0 Å². The highest BCUT2D eigenvalue weighted by Crippen LogP contribution is 2.51. The summed E-state index contributed by atoms with van der Waals surface area (Å²) in [6.45, 7) is 1.60. The van der Waals surface area contributed by atoms with Crippen molar-refractivity contribution in [2.24, 2.45) is 5.73 Å². The molecular weight excluding hydrogens is 572 g/mol. The minimum Gasteiger partial charge on any atom is -0.507 e. The number of hydrogen-bond donors (Lipinski definition) is 6. The Morgan fingerprint density at radius 3 is 2.27 bits per heavy atom. The number of hydrogen-bond acceptors (Lipinski definition) is 11. The van der Waals surface area contributed by atoms with Gasteiger partial charge in [-0.1, -0.05) is 54.6 Å². The molecule has 12 nitrogen and oxygen atoms in total. The number of carbonyl (C=O) groups excluding carboxylic acids is 3. The van der Waals surface area contributed by atoms with E-state index >= 15 is 0 Å². The van der Waals surface area contributed by atoms with Crippen LogP contribution in [-0.4, -0.2) is 68.0 Å². The number of fused-ring (bicyclic) bond motifs is 3. The first-order valence-corrected chi connectivity index (χ1v) is 14.2. The van der Waals surface area contributed by atoms with Crippen LogP contribution >= 0.6 is 0 Å². The number of ether oxygens (including phenoxy) is 2. The van der Waals surface area contributed by atoms with Crippen LogP contribution in [0.4, 0.5) is 0 Å². The van der Waals surface area contributed by atoms with E-state index in [1.165, 1.54) is 12.1 Å². The molecule has 0 bridgehead atoms. The van der Waals surface area contributed by atoms with Gasteiger partial charge in [0.05, 0.1) is 36.0 Å². The van der Waals surface area contributed by atoms with Crippen molar-refractivity contribution < 1.29 is 49.1 Å². The minimum atomic E-state index is -2.26. The van der Waals surface area contributed by atoms with Crippen molar-refractivity contribution in [3.8, 4) is 11.5 Å². The number of amides is 1. The SMILES string of the molecule is C[C@@H]1O[C@@H](O[C@H]2C[C@](O)(C(=O)NOCc3ccccc3)Cc3c(O)c4c(c(O)c32)C(=O)c2ccccc2C4=O)C[C@H](N)[C@@H]1O. The quantitative estimate of drug-likeness (QED) is 0.138. The van der Waals surface area contributed by atoms with E-state index < -0.39 is 89.2 Å². The fraction of sp³-hybridized carbons (Fsp3) is 0.344. The number of rotatable bonds is 6. The Labute approximate surface area is 251 Å². The Kier molecular flexibility index (Phi) is 7.74. The van der Waals surface area contributed by atoms with Crippen molar-refractivity contribution in [3.05, 3.63) is 93.5 Å². The van der Waals surface area contributed by atoms with E-state index in [1.807, 2.05) is 6.07 Å². The van der Waals surface area contributed by atoms with E-state index in [0.717, 1.165) is 5.56 Å². The first-order valence-electron chi connectivity index (χ1n) is 14.2. The number of carbonyl (C=O) groups is 3. The van der Waals surface area contributed by atoms with E-state index in [4.69, 9.17) is 20.0 Å². The maximum absolute atomic E-state index is 13.5. The van der Waals surface area contributed by atoms with Crippen LogP contribution in [0.25, 0.3) is 0 Å². The van der Waals surface area contributed by atoms with Crippen LogP contribution in [0.15, 0.2) is 54.6 Å². The topological polar surface area (TPSA) is 198 Å². The lowest BCUT2D eigenvalue weighted by molar-refractivity contribution is -0.247. The number of aromatic hydroxyl groups is 2. The Bertz CT molecular complexity index is 1630. The second kappa shape index (κ2) is 11.4. The first kappa shape index (κ1) is 29.9. The molecule has 6 rings (SSSR count). The van der Waals surface area contributed by atoms with Crippen molar-refractivity contribution in [2.75, 3.05) is 0 Å². The van der Waals surface area contributed by atoms with Gasteiger partial charge in [0.2, 0.25) is 0 Å². The van der Waals surface area contributed by atoms with Crippen molar-refractivity contribution in [2.45, 2.75) is 69.0 Å². The molecule has 2 aliphatic carbocycles. The number of phenols is 2. The summed E-state index contributed by atoms with van der Waals surface area (Å²) in [6.07, 6.45) is -5.01. The fourth-order valence-electron chi connectivity index (χ4n) is 6.18. The summed E-state index contributed by atoms with van der Waals surface area (Å²) in [4.78, 5) is 45.8. The molecule has 3 aliphatic rings. The molecule has 7 N–H and O–H groups in total. The van der Waals surface area contributed by atoms with Crippen LogP contribution in [0.1, 0.15) is 74.4 Å². The summed E-state index contributed by atoms with van der Waals surface area (Å²) in [7, 11) is 0. The molecule has 0 spiro atoms. The number of nitrogens with one attached hydrogen (secondary N) is 1. The van der Waals surface area contributed by atoms with Crippen LogP contribution < -0.4 is 11.2 Å². The van der Waals surface area contributed by atoms with Gasteiger partial charge in [-0.15, -0.1) is 0 Å². The molecule has 0 aromatic heterocycles. The molecule has 1 aliphatic heterocycles. The Morgan fingerprint density at radius 2 is 1.64 bits per heavy atom. The molecule has 1 amide bonds. The third-order valence-corrected chi connectivity index (χ3v) is 8.51. The number of hydroxylamine groups is 1. The summed E-state index contributed by atoms with van der Waals surface area (Å²) in [5, 5.41) is 45.0. The van der Waals surface area contributed by atoms with Gasteiger partial charge < -0.3 is 35.6 Å². The zero-order valence-electron chi connectivity index (χ0n) is 23.7. The summed E-state index contributed by atoms with van der Waals surface area (Å²) >= 11 is 0. The number of ketones is 2. The second-order valence-electron chi connectivity index (χ2n) is 11.4. The van der Waals surface area contributed by atoms with E-state index in [1.54, 1.807) is 43.3 Å². The van der Waals surface area contributed by atoms with Gasteiger partial charge in [-0.05, 0) is 12.5 Å². The fourth-order valence-corrected chi connectivity index (χ4v) is 6.18. The van der Waals surface area contributed by atoms with Crippen molar-refractivity contribution in [3.63, 3.8) is 0 Å². The number of aliphatic hydroxyl groups excluding tert-OH is 1. The van der Waals surface area contributed by atoms with Crippen molar-refractivity contribution in [1.29, 1.82) is 0 Å². The highest BCUT2D eigenvalue weighted by Gasteiger charge is 2.50. The van der Waals surface area contributed by atoms with Crippen LogP contribution in [0.2, 0.25) is 0 Å². The normalized spacial score (nSPS) is 27.7. The molecule has 1 heterocycles. The van der Waals surface area contributed by atoms with Crippen LogP contribution in [0.3, 0.4) is 0 Å². The number of aliphatic hydroxyl groups is 2. The lowest BCUT2D eigenvalue weighted by atomic mass is 9.73. The second-order valence-corrected chi connectivity index (χ2v) is 11.4. The first-order chi connectivity index (χ1) is 21.0. The molecule has 3 aromatic carbocycles. The lowest BCUT2D eigenvalue weighted by Crippen LogP contribution is -2.54. The van der Waals surface area contributed by atoms with Gasteiger partial charge in [-0.2, -0.15) is 0 Å². The molecule has 3 aromatic rings. The Hall–Kier alpha value is -4.17. The van der Waals surface area contributed by atoms with E-state index in [2.05, 4.69) is 5.48 Å². The number of benzene rings is 3. The van der Waals surface area contributed by atoms with Gasteiger partial charge in [0.1, 0.15) is 11.5 Å². The zero-order valence-corrected chi connectivity index (χ0v) is 23.7. The average molecular weight is 605 g/mol. The average Bonchev–Trinajstić information content (AvgIpc) is 3.00. The molecule has 1 fully saturated rings. The van der Waals surface area contributed by atoms with Gasteiger partial charge in [-0.25, -0.2) is 5.48 Å². The summed E-state index contributed by atoms with van der Waals surface area (Å²) in [5.41, 5.74) is 5.89. The Balaban J connectivity index is 1.39. The summed E-state index contributed by atoms with van der Waals surface area (Å²) in [5.74, 6) is -3.60. The third-order valence-electron chi connectivity index (χ3n) is 8.51. The summed E-state index contributed by atoms with van der Waals surface area (Å²) in [6, 6.07) is 14.3. The maximum Gasteiger partial charge on any atom is 0.275 e. The van der Waals surface area contributed by atoms with E-state index in [9.17, 15) is 34.8 Å². The molecule has 0 saturated carbocycles. The van der Waals surface area contributed by atoms with Crippen molar-refractivity contribution in [1.82, 2.24) is 5.48 Å². The third kappa shape index (κ3) is 5.05. The van der Waals surface area contributed by atoms with Gasteiger partial charge in [0.25, 0.3) is 5.91 Å². The van der Waals surface area contributed by atoms with Crippen LogP contribution in [0.5, 0.6) is 11.5 Å². The summed E-state index contributed by atoms with van der Waals surface area (Å²) < 4.78 is 11.9. The largest absolute Gasteiger partial charge is 0.507 e. The Morgan fingerprint density at radius 1 is 1.02 bits per heavy atom. The van der Waals surface area contributed by atoms with Gasteiger partial charge in [0.15, 0.2) is 23.5 Å². The molecule has 6 atom stereocenters. The van der Waals surface area contributed by atoms with Crippen LogP contribution in [-0.2, 0) is 32.1 Å². The molecule has 0 radical (unpaired) electrons. The number of phenolic OH excluding ortho intramolecular Hbond substituents is 2. The molecule has 230 valence electrons. The molecule has 12 heteroatoms. The minimum absolute atomic E-state index is 0.00274. The highest BCUT2D eigenvalue weighted by molar-refractivity contribution is 6.30. The van der Waals surface area contributed by atoms with Crippen molar-refractivity contribution >= 4 is 17.5 Å². The van der Waals surface area contributed by atoms with Gasteiger partial charge in [-0.3, -0.25) is 19.2 Å². The standard InChI is InChI=1S/C32H32N2O10/c1-15-26(35)20(33)11-22(43-15)44-21-13-32(41,31(40)34-42-14-16-7-3-2-4-8-16)12-19-23(21)30(39)25-24(29(19)38)27(36)17-9-5-6-10-18(17)28(25)37/h2-10,15,20-22,26,35,38-39,41H,11-14,33H2,1H3,(H,34,40)/t15-,20-,21-,22-,26+,32-/m0/s1. The zero-order chi connectivity index (χ0) is 31.3. The number of nitrogens with two attached hydrogens (primary N) is 1. The highest BCUT2D eigenvalue weighted by atomic mass is 16.7. The van der Waals surface area contributed by atoms with E-state index in [-0.39, 0.29) is 35.3 Å². The molecule has 44 heavy (non-hydrogen) atoms. The van der Waals surface area contributed by atoms with Gasteiger partial charge >= 0.3 is 0 Å². The van der Waals surface area contributed by atoms with E-state index in [0.29, 0.717) is 0 Å². The monoisotopic (exact) mass is 604 g/mol. The predicted molar refractivity (Wildman–Crippen MR) is 152 cm³/mol. The molecular formula is C32H32N2O10. The molecule has 0 unspecified atom stereocenters. The predicted octanol–water partition coefficient (Wildman–Crippen LogP) is 1.68. The maximum atomic E-state index is 13.5.